The lowest BCUT2D eigenvalue weighted by molar-refractivity contribution is 0.388. The molecule has 0 amide bonds. The van der Waals surface area contributed by atoms with Gasteiger partial charge in [0, 0.05) is 41.3 Å². The summed E-state index contributed by atoms with van der Waals surface area (Å²) in [6.45, 7) is 2.84. The van der Waals surface area contributed by atoms with Crippen molar-refractivity contribution in [3.63, 3.8) is 0 Å². The Balaban J connectivity index is 1.30. The summed E-state index contributed by atoms with van der Waals surface area (Å²) in [7, 11) is 0. The Morgan fingerprint density at radius 2 is 2.10 bits per heavy atom. The molecular formula is C22H27Cl2FN6. The van der Waals surface area contributed by atoms with E-state index in [0.717, 1.165) is 29.6 Å². The molecule has 0 aliphatic carbocycles. The molecule has 1 saturated heterocycles. The van der Waals surface area contributed by atoms with Gasteiger partial charge in [0.25, 0.3) is 0 Å². The van der Waals surface area contributed by atoms with Crippen LogP contribution in [0.25, 0.3) is 10.9 Å². The second-order valence-electron chi connectivity index (χ2n) is 7.90. The van der Waals surface area contributed by atoms with E-state index >= 15 is 0 Å². The molecule has 0 saturated carbocycles. The number of halogens is 3. The number of benzene rings is 1. The van der Waals surface area contributed by atoms with Gasteiger partial charge < -0.3 is 16.0 Å². The van der Waals surface area contributed by atoms with Crippen LogP contribution in [0.4, 0.5) is 10.2 Å². The van der Waals surface area contributed by atoms with E-state index in [0.29, 0.717) is 47.7 Å². The molecular weight excluding hydrogens is 438 g/mol. The van der Waals surface area contributed by atoms with E-state index in [2.05, 4.69) is 31.1 Å². The van der Waals surface area contributed by atoms with Gasteiger partial charge in [-0.15, -0.1) is 0 Å². The van der Waals surface area contributed by atoms with Crippen LogP contribution >= 0.6 is 23.2 Å². The number of nitrogens with one attached hydrogen (secondary N) is 4. The molecule has 2 aromatic heterocycles. The second kappa shape index (κ2) is 10.6. The summed E-state index contributed by atoms with van der Waals surface area (Å²) in [5.74, 6) is -0.106. The van der Waals surface area contributed by atoms with Crippen molar-refractivity contribution >= 4 is 39.9 Å². The highest BCUT2D eigenvalue weighted by Gasteiger charge is 2.16. The van der Waals surface area contributed by atoms with Gasteiger partial charge in [0.15, 0.2) is 11.6 Å². The average molecular weight is 465 g/mol. The van der Waals surface area contributed by atoms with Gasteiger partial charge in [0.1, 0.15) is 0 Å². The van der Waals surface area contributed by atoms with Crippen molar-refractivity contribution in [1.82, 2.24) is 25.8 Å². The SMILES string of the molecule is Fc1c(NCCC2CCCCN2)ncc(Cl)c1CCNCc1n[nH]c2ccc(Cl)cc12. The van der Waals surface area contributed by atoms with E-state index in [4.69, 9.17) is 23.2 Å². The first-order valence-corrected chi connectivity index (χ1v) is 11.5. The second-order valence-corrected chi connectivity index (χ2v) is 8.74. The monoisotopic (exact) mass is 464 g/mol. The maximum absolute atomic E-state index is 15.0. The van der Waals surface area contributed by atoms with Crippen molar-refractivity contribution in [1.29, 1.82) is 0 Å². The molecule has 1 unspecified atom stereocenters. The Morgan fingerprint density at radius 1 is 1.19 bits per heavy atom. The number of pyridine rings is 1. The van der Waals surface area contributed by atoms with Gasteiger partial charge in [-0.05, 0) is 57.0 Å². The highest BCUT2D eigenvalue weighted by Crippen LogP contribution is 2.24. The van der Waals surface area contributed by atoms with Crippen molar-refractivity contribution < 1.29 is 4.39 Å². The molecule has 1 aliphatic heterocycles. The third kappa shape index (κ3) is 5.66. The maximum Gasteiger partial charge on any atom is 0.170 e. The average Bonchev–Trinajstić information content (AvgIpc) is 3.17. The van der Waals surface area contributed by atoms with E-state index in [-0.39, 0.29) is 11.6 Å². The maximum atomic E-state index is 15.0. The Morgan fingerprint density at radius 3 is 2.94 bits per heavy atom. The molecule has 1 aromatic carbocycles. The first kappa shape index (κ1) is 22.3. The summed E-state index contributed by atoms with van der Waals surface area (Å²) in [6.07, 6.45) is 6.58. The molecule has 0 bridgehead atoms. The van der Waals surface area contributed by atoms with Gasteiger partial charge in [-0.2, -0.15) is 5.10 Å². The van der Waals surface area contributed by atoms with Gasteiger partial charge in [0.05, 0.1) is 16.2 Å². The van der Waals surface area contributed by atoms with Crippen LogP contribution in [0.2, 0.25) is 10.0 Å². The predicted octanol–water partition coefficient (Wildman–Crippen LogP) is 4.68. The summed E-state index contributed by atoms with van der Waals surface area (Å²) in [5.41, 5.74) is 2.28. The van der Waals surface area contributed by atoms with E-state index < -0.39 is 0 Å². The van der Waals surface area contributed by atoms with Crippen LogP contribution in [-0.4, -0.2) is 40.9 Å². The number of nitrogens with zero attached hydrogens (tertiary/aromatic N) is 2. The highest BCUT2D eigenvalue weighted by molar-refractivity contribution is 6.31. The first-order valence-electron chi connectivity index (χ1n) is 10.7. The lowest BCUT2D eigenvalue weighted by atomic mass is 10.0. The minimum absolute atomic E-state index is 0.267. The van der Waals surface area contributed by atoms with Crippen molar-refractivity contribution in [2.45, 2.75) is 44.7 Å². The lowest BCUT2D eigenvalue weighted by Crippen LogP contribution is -2.35. The molecule has 1 fully saturated rings. The zero-order chi connectivity index (χ0) is 21.6. The van der Waals surface area contributed by atoms with Crippen molar-refractivity contribution in [3.8, 4) is 0 Å². The van der Waals surface area contributed by atoms with Crippen LogP contribution in [0.5, 0.6) is 0 Å². The topological polar surface area (TPSA) is 77.7 Å². The molecule has 0 radical (unpaired) electrons. The standard InChI is InChI=1S/C22H27Cl2FN6/c23-14-4-5-19-17(11-14)20(31-30-19)13-26-9-7-16-18(24)12-29-22(21(16)25)28-10-6-15-3-1-2-8-27-15/h4-5,11-12,15,26-27H,1-3,6-10,13H2,(H,28,29)(H,30,31). The van der Waals surface area contributed by atoms with Crippen LogP contribution < -0.4 is 16.0 Å². The molecule has 3 heterocycles. The molecule has 4 rings (SSSR count). The quantitative estimate of drug-likeness (QED) is 0.345. The summed E-state index contributed by atoms with van der Waals surface area (Å²) >= 11 is 12.3. The van der Waals surface area contributed by atoms with Crippen molar-refractivity contribution in [3.05, 3.63) is 51.5 Å². The fourth-order valence-corrected chi connectivity index (χ4v) is 4.39. The van der Waals surface area contributed by atoms with Gasteiger partial charge >= 0.3 is 0 Å². The van der Waals surface area contributed by atoms with Crippen LogP contribution in [0.1, 0.15) is 36.9 Å². The fraction of sp³-hybridized carbons (Fsp3) is 0.455. The van der Waals surface area contributed by atoms with Crippen LogP contribution in [0.3, 0.4) is 0 Å². The number of aromatic nitrogens is 3. The lowest BCUT2D eigenvalue weighted by Gasteiger charge is -2.23. The summed E-state index contributed by atoms with van der Waals surface area (Å²) in [4.78, 5) is 4.15. The number of rotatable bonds is 9. The zero-order valence-electron chi connectivity index (χ0n) is 17.3. The van der Waals surface area contributed by atoms with E-state index in [1.54, 1.807) is 0 Å². The Bertz CT molecular complexity index is 1020. The molecule has 9 heteroatoms. The van der Waals surface area contributed by atoms with E-state index in [1.165, 1.54) is 25.5 Å². The van der Waals surface area contributed by atoms with Crippen molar-refractivity contribution in [2.24, 2.45) is 0 Å². The first-order chi connectivity index (χ1) is 15.1. The summed E-state index contributed by atoms with van der Waals surface area (Å²) in [6, 6.07) is 6.11. The Hall–Kier alpha value is -1.93. The van der Waals surface area contributed by atoms with Crippen molar-refractivity contribution in [2.75, 3.05) is 25.0 Å². The predicted molar refractivity (Wildman–Crippen MR) is 124 cm³/mol. The number of anilines is 1. The molecule has 0 spiro atoms. The zero-order valence-corrected chi connectivity index (χ0v) is 18.8. The Labute approximate surface area is 191 Å². The smallest absolute Gasteiger partial charge is 0.170 e. The normalized spacial score (nSPS) is 16.7. The Kier molecular flexibility index (Phi) is 7.61. The van der Waals surface area contributed by atoms with Gasteiger partial charge in [0.2, 0.25) is 0 Å². The van der Waals surface area contributed by atoms with Gasteiger partial charge in [-0.3, -0.25) is 5.10 Å². The number of hydrogen-bond donors (Lipinski definition) is 4. The molecule has 6 nitrogen and oxygen atoms in total. The van der Waals surface area contributed by atoms with Gasteiger partial charge in [-0.1, -0.05) is 29.6 Å². The van der Waals surface area contributed by atoms with Crippen LogP contribution in [0, 0.1) is 5.82 Å². The third-order valence-corrected chi connectivity index (χ3v) is 6.27. The molecule has 3 aromatic rings. The number of H-pyrrole nitrogens is 1. The highest BCUT2D eigenvalue weighted by atomic mass is 35.5. The van der Waals surface area contributed by atoms with E-state index in [1.807, 2.05) is 18.2 Å². The fourth-order valence-electron chi connectivity index (χ4n) is 3.99. The number of aromatic amines is 1. The number of hydrogen-bond acceptors (Lipinski definition) is 5. The van der Waals surface area contributed by atoms with Crippen LogP contribution in [0.15, 0.2) is 24.4 Å². The van der Waals surface area contributed by atoms with Crippen LogP contribution in [-0.2, 0) is 13.0 Å². The largest absolute Gasteiger partial charge is 0.368 e. The number of piperidine rings is 1. The minimum atomic E-state index is -0.372. The van der Waals surface area contributed by atoms with E-state index in [9.17, 15) is 4.39 Å². The molecule has 1 aliphatic rings. The third-order valence-electron chi connectivity index (χ3n) is 5.71. The van der Waals surface area contributed by atoms with Gasteiger partial charge in [-0.25, -0.2) is 9.37 Å². The molecule has 1 atom stereocenters. The summed E-state index contributed by atoms with van der Waals surface area (Å²) < 4.78 is 15.0. The summed E-state index contributed by atoms with van der Waals surface area (Å²) in [5, 5.41) is 19.3. The molecule has 166 valence electrons. The minimum Gasteiger partial charge on any atom is -0.368 e. The number of fused-ring (bicyclic) bond motifs is 1. The molecule has 31 heavy (non-hydrogen) atoms. The molecule has 4 N–H and O–H groups in total.